The minimum Gasteiger partial charge on any atom is -0.508 e. The summed E-state index contributed by atoms with van der Waals surface area (Å²) in [4.78, 5) is 0. The van der Waals surface area contributed by atoms with Crippen molar-refractivity contribution in [3.63, 3.8) is 0 Å². The molecule has 0 bridgehead atoms. The van der Waals surface area contributed by atoms with Crippen LogP contribution < -0.4 is 9.47 Å². The van der Waals surface area contributed by atoms with E-state index in [1.54, 1.807) is 19.2 Å². The van der Waals surface area contributed by atoms with Crippen molar-refractivity contribution in [2.75, 3.05) is 7.11 Å². The summed E-state index contributed by atoms with van der Waals surface area (Å²) < 4.78 is 12.7. The van der Waals surface area contributed by atoms with Crippen LogP contribution in [0.3, 0.4) is 0 Å². The van der Waals surface area contributed by atoms with Gasteiger partial charge in [-0.15, -0.1) is 0 Å². The van der Waals surface area contributed by atoms with Crippen LogP contribution in [0.25, 0.3) is 27.6 Å². The molecule has 1 unspecified atom stereocenters. The van der Waals surface area contributed by atoms with Gasteiger partial charge in [0.05, 0.1) is 7.11 Å². The van der Waals surface area contributed by atoms with Gasteiger partial charge >= 0.3 is 0 Å². The summed E-state index contributed by atoms with van der Waals surface area (Å²) in [7, 11) is 1.68. The SMILES string of the molecule is COc1ccc(C2(c3ccc(O)cc3)C=Cc3c4c(c5ccc6ccccc6c5c3O2)CCCC4)cc1. The predicted octanol–water partition coefficient (Wildman–Crippen LogP) is 7.94. The van der Waals surface area contributed by atoms with Crippen LogP contribution in [0.4, 0.5) is 0 Å². The lowest BCUT2D eigenvalue weighted by molar-refractivity contribution is 0.163. The van der Waals surface area contributed by atoms with Crippen LogP contribution in [0.1, 0.15) is 40.7 Å². The van der Waals surface area contributed by atoms with Crippen molar-refractivity contribution in [2.24, 2.45) is 0 Å². The second-order valence-corrected chi connectivity index (χ2v) is 10.1. The molecule has 0 fully saturated rings. The van der Waals surface area contributed by atoms with Gasteiger partial charge in [-0.05, 0) is 83.3 Å². The van der Waals surface area contributed by atoms with Crippen LogP contribution in [0.2, 0.25) is 0 Å². The first-order chi connectivity index (χ1) is 18.2. The summed E-state index contributed by atoms with van der Waals surface area (Å²) in [6, 6.07) is 28.6. The number of fused-ring (bicyclic) bond motifs is 8. The Kier molecular flexibility index (Phi) is 5.00. The highest BCUT2D eigenvalue weighted by molar-refractivity contribution is 6.13. The van der Waals surface area contributed by atoms with Crippen molar-refractivity contribution in [3.8, 4) is 17.2 Å². The fourth-order valence-electron chi connectivity index (χ4n) is 6.24. The summed E-state index contributed by atoms with van der Waals surface area (Å²) in [5.74, 6) is 1.98. The number of rotatable bonds is 3. The molecule has 0 aromatic heterocycles. The van der Waals surface area contributed by atoms with Gasteiger partial charge in [-0.3, -0.25) is 0 Å². The van der Waals surface area contributed by atoms with Crippen LogP contribution in [-0.2, 0) is 18.4 Å². The number of hydrogen-bond acceptors (Lipinski definition) is 3. The maximum absolute atomic E-state index is 10.1. The van der Waals surface area contributed by atoms with Crippen LogP contribution >= 0.6 is 0 Å². The van der Waals surface area contributed by atoms with Gasteiger partial charge in [0, 0.05) is 22.1 Å². The maximum Gasteiger partial charge on any atom is 0.178 e. The second-order valence-electron chi connectivity index (χ2n) is 10.1. The average molecular weight is 485 g/mol. The van der Waals surface area contributed by atoms with E-state index in [0.29, 0.717) is 0 Å². The molecule has 2 aliphatic rings. The topological polar surface area (TPSA) is 38.7 Å². The molecule has 0 spiro atoms. The molecule has 1 heterocycles. The molecule has 0 saturated heterocycles. The molecule has 3 heteroatoms. The monoisotopic (exact) mass is 484 g/mol. The molecule has 182 valence electrons. The highest BCUT2D eigenvalue weighted by atomic mass is 16.5. The maximum atomic E-state index is 10.1. The van der Waals surface area contributed by atoms with Crippen molar-refractivity contribution >= 4 is 27.6 Å². The number of methoxy groups -OCH3 is 1. The van der Waals surface area contributed by atoms with E-state index in [4.69, 9.17) is 9.47 Å². The molecular formula is C34H28O3. The van der Waals surface area contributed by atoms with Crippen LogP contribution in [0.15, 0.2) is 91.0 Å². The van der Waals surface area contributed by atoms with E-state index in [-0.39, 0.29) is 5.75 Å². The van der Waals surface area contributed by atoms with E-state index in [2.05, 4.69) is 60.7 Å². The summed E-state index contributed by atoms with van der Waals surface area (Å²) in [5, 5.41) is 15.0. The van der Waals surface area contributed by atoms with Gasteiger partial charge in [0.1, 0.15) is 17.2 Å². The van der Waals surface area contributed by atoms with Gasteiger partial charge in [0.15, 0.2) is 5.60 Å². The van der Waals surface area contributed by atoms with Gasteiger partial charge in [-0.2, -0.15) is 0 Å². The molecular weight excluding hydrogens is 456 g/mol. The number of aromatic hydroxyl groups is 1. The number of benzene rings is 5. The smallest absolute Gasteiger partial charge is 0.178 e. The first-order valence-electron chi connectivity index (χ1n) is 13.0. The minimum atomic E-state index is -0.847. The van der Waals surface area contributed by atoms with Gasteiger partial charge in [-0.25, -0.2) is 0 Å². The van der Waals surface area contributed by atoms with Crippen molar-refractivity contribution in [3.05, 3.63) is 119 Å². The first kappa shape index (κ1) is 22.0. The van der Waals surface area contributed by atoms with Crippen molar-refractivity contribution in [2.45, 2.75) is 31.3 Å². The first-order valence-corrected chi connectivity index (χ1v) is 13.0. The van der Waals surface area contributed by atoms with E-state index in [1.165, 1.54) is 51.1 Å². The standard InChI is InChI=1S/C34H28O3/c1-36-26-17-13-24(14-18-26)34(23-11-15-25(35)16-12-23)21-20-31-29-9-5-4-8-28(29)30-19-10-22-6-2-3-7-27(22)32(30)33(31)37-34/h2-3,6-7,10-21,35H,4-5,8-9H2,1H3. The van der Waals surface area contributed by atoms with E-state index in [9.17, 15) is 5.11 Å². The second kappa shape index (κ2) is 8.41. The molecule has 0 saturated carbocycles. The normalized spacial score (nSPS) is 18.3. The molecule has 1 aliphatic carbocycles. The molecule has 5 aromatic rings. The van der Waals surface area contributed by atoms with E-state index in [1.807, 2.05) is 24.3 Å². The molecule has 0 radical (unpaired) electrons. The Labute approximate surface area is 216 Å². The molecule has 5 aromatic carbocycles. The average Bonchev–Trinajstić information content (AvgIpc) is 2.97. The van der Waals surface area contributed by atoms with Gasteiger partial charge in [0.2, 0.25) is 0 Å². The van der Waals surface area contributed by atoms with E-state index in [0.717, 1.165) is 35.5 Å². The lowest BCUT2D eigenvalue weighted by Gasteiger charge is -2.38. The molecule has 1 aliphatic heterocycles. The number of aryl methyl sites for hydroxylation is 1. The zero-order chi connectivity index (χ0) is 25.0. The van der Waals surface area contributed by atoms with Crippen molar-refractivity contribution in [1.29, 1.82) is 0 Å². The Morgan fingerprint density at radius 1 is 0.757 bits per heavy atom. The highest BCUT2D eigenvalue weighted by Crippen LogP contribution is 2.50. The third-order valence-electron chi connectivity index (χ3n) is 8.08. The van der Waals surface area contributed by atoms with Crippen LogP contribution in [0, 0.1) is 0 Å². The summed E-state index contributed by atoms with van der Waals surface area (Å²) in [6.07, 6.45) is 9.07. The van der Waals surface area contributed by atoms with Crippen molar-refractivity contribution in [1.82, 2.24) is 0 Å². The van der Waals surface area contributed by atoms with Crippen LogP contribution in [0.5, 0.6) is 17.2 Å². The summed E-state index contributed by atoms with van der Waals surface area (Å²) in [5.41, 5.74) is 5.23. The van der Waals surface area contributed by atoms with Gasteiger partial charge in [0.25, 0.3) is 0 Å². The fraction of sp³-hybridized carbons (Fsp3) is 0.176. The Balaban J connectivity index is 1.55. The lowest BCUT2D eigenvalue weighted by atomic mass is 9.79. The lowest BCUT2D eigenvalue weighted by Crippen LogP contribution is -2.34. The Morgan fingerprint density at radius 2 is 1.46 bits per heavy atom. The summed E-state index contributed by atoms with van der Waals surface area (Å²) in [6.45, 7) is 0. The molecule has 3 nitrogen and oxygen atoms in total. The third-order valence-corrected chi connectivity index (χ3v) is 8.08. The fourth-order valence-corrected chi connectivity index (χ4v) is 6.24. The number of ether oxygens (including phenoxy) is 2. The largest absolute Gasteiger partial charge is 0.508 e. The van der Waals surface area contributed by atoms with Crippen LogP contribution in [-0.4, -0.2) is 12.2 Å². The van der Waals surface area contributed by atoms with Gasteiger partial charge < -0.3 is 14.6 Å². The molecule has 1 N–H and O–H groups in total. The number of phenolic OH excluding ortho intramolecular Hbond substituents is 1. The number of phenols is 1. The van der Waals surface area contributed by atoms with E-state index >= 15 is 0 Å². The third kappa shape index (κ3) is 3.34. The molecule has 0 amide bonds. The Hall–Kier alpha value is -4.24. The molecule has 37 heavy (non-hydrogen) atoms. The zero-order valence-corrected chi connectivity index (χ0v) is 20.8. The quantitative estimate of drug-likeness (QED) is 0.264. The molecule has 7 rings (SSSR count). The number of hydrogen-bond donors (Lipinski definition) is 1. The Bertz CT molecular complexity index is 1680. The Morgan fingerprint density at radius 3 is 2.22 bits per heavy atom. The summed E-state index contributed by atoms with van der Waals surface area (Å²) >= 11 is 0. The van der Waals surface area contributed by atoms with Crippen molar-refractivity contribution < 1.29 is 14.6 Å². The molecule has 1 atom stereocenters. The van der Waals surface area contributed by atoms with E-state index < -0.39 is 5.60 Å². The zero-order valence-electron chi connectivity index (χ0n) is 20.8. The predicted molar refractivity (Wildman–Crippen MR) is 150 cm³/mol. The highest BCUT2D eigenvalue weighted by Gasteiger charge is 2.39. The minimum absolute atomic E-state index is 0.235. The van der Waals surface area contributed by atoms with Gasteiger partial charge in [-0.1, -0.05) is 66.7 Å².